The Hall–Kier alpha value is -1.19. The van der Waals surface area contributed by atoms with Crippen LogP contribution in [0, 0.1) is 0 Å². The molecule has 0 N–H and O–H groups in total. The zero-order valence-corrected chi connectivity index (χ0v) is 11.3. The van der Waals surface area contributed by atoms with Crippen LogP contribution in [0.1, 0.15) is 5.56 Å². The van der Waals surface area contributed by atoms with Crippen LogP contribution < -0.4 is 0 Å². The molecule has 0 unspecified atom stereocenters. The molecule has 0 aromatic heterocycles. The van der Waals surface area contributed by atoms with Gasteiger partial charge in [-0.1, -0.05) is 29.3 Å². The van der Waals surface area contributed by atoms with E-state index in [9.17, 15) is 4.79 Å². The van der Waals surface area contributed by atoms with E-state index in [4.69, 9.17) is 27.9 Å². The third kappa shape index (κ3) is 3.65. The van der Waals surface area contributed by atoms with Crippen molar-refractivity contribution in [2.24, 2.45) is 0 Å². The van der Waals surface area contributed by atoms with Gasteiger partial charge in [-0.3, -0.25) is 0 Å². The maximum absolute atomic E-state index is 11.7. The van der Waals surface area contributed by atoms with Gasteiger partial charge in [-0.05, 0) is 12.1 Å². The molecule has 0 fully saturated rings. The Morgan fingerprint density at radius 2 is 2.00 bits per heavy atom. The molecule has 0 radical (unpaired) electrons. The van der Waals surface area contributed by atoms with Crippen LogP contribution >= 0.6 is 23.2 Å². The standard InChI is InChI=1S/C12H13Cl2NO2/c1-15(2)7-10(12(16)17-3)9-5-4-8(13)6-11(9)14/h4-7H,1-3H3/b10-7+. The van der Waals surface area contributed by atoms with Crippen LogP contribution in [0.5, 0.6) is 0 Å². The van der Waals surface area contributed by atoms with Crippen LogP contribution in [0.2, 0.25) is 10.0 Å². The highest BCUT2D eigenvalue weighted by atomic mass is 35.5. The summed E-state index contributed by atoms with van der Waals surface area (Å²) < 4.78 is 4.73. The number of rotatable bonds is 3. The normalized spacial score (nSPS) is 11.2. The van der Waals surface area contributed by atoms with Crippen LogP contribution in [-0.2, 0) is 9.53 Å². The molecule has 5 heteroatoms. The van der Waals surface area contributed by atoms with Gasteiger partial charge >= 0.3 is 5.97 Å². The summed E-state index contributed by atoms with van der Waals surface area (Å²) in [4.78, 5) is 13.4. The number of ether oxygens (including phenoxy) is 1. The van der Waals surface area contributed by atoms with Gasteiger partial charge in [0.05, 0.1) is 17.7 Å². The van der Waals surface area contributed by atoms with E-state index < -0.39 is 5.97 Å². The first-order valence-electron chi connectivity index (χ1n) is 4.87. The summed E-state index contributed by atoms with van der Waals surface area (Å²) in [7, 11) is 4.95. The van der Waals surface area contributed by atoms with E-state index in [0.29, 0.717) is 21.2 Å². The van der Waals surface area contributed by atoms with E-state index in [1.807, 2.05) is 14.1 Å². The van der Waals surface area contributed by atoms with Crippen LogP contribution in [0.3, 0.4) is 0 Å². The third-order valence-electron chi connectivity index (χ3n) is 2.01. The van der Waals surface area contributed by atoms with Crippen molar-refractivity contribution < 1.29 is 9.53 Å². The SMILES string of the molecule is COC(=O)/C(=C/N(C)C)c1ccc(Cl)cc1Cl. The molecule has 0 aliphatic rings. The van der Waals surface area contributed by atoms with Crippen LogP contribution in [-0.4, -0.2) is 32.1 Å². The molecule has 0 saturated carbocycles. The Morgan fingerprint density at radius 1 is 1.35 bits per heavy atom. The fraction of sp³-hybridized carbons (Fsp3) is 0.250. The van der Waals surface area contributed by atoms with Gasteiger partial charge < -0.3 is 9.64 Å². The lowest BCUT2D eigenvalue weighted by molar-refractivity contribution is -0.133. The van der Waals surface area contributed by atoms with E-state index in [0.717, 1.165) is 0 Å². The minimum absolute atomic E-state index is 0.388. The molecule has 0 atom stereocenters. The molecule has 1 aromatic carbocycles. The number of hydrogen-bond donors (Lipinski definition) is 0. The topological polar surface area (TPSA) is 29.5 Å². The van der Waals surface area contributed by atoms with Crippen molar-refractivity contribution in [3.63, 3.8) is 0 Å². The first kappa shape index (κ1) is 13.9. The number of halogens is 2. The molecule has 0 heterocycles. The molecule has 0 aliphatic carbocycles. The van der Waals surface area contributed by atoms with Crippen molar-refractivity contribution in [2.45, 2.75) is 0 Å². The van der Waals surface area contributed by atoms with Crippen LogP contribution in [0.25, 0.3) is 5.57 Å². The number of carbonyl (C=O) groups excluding carboxylic acids is 1. The zero-order valence-electron chi connectivity index (χ0n) is 9.83. The van der Waals surface area contributed by atoms with E-state index in [1.54, 1.807) is 29.3 Å². The maximum atomic E-state index is 11.7. The summed E-state index contributed by atoms with van der Waals surface area (Å²) >= 11 is 11.9. The van der Waals surface area contributed by atoms with Gasteiger partial charge in [0, 0.05) is 30.9 Å². The lowest BCUT2D eigenvalue weighted by atomic mass is 10.1. The van der Waals surface area contributed by atoms with E-state index >= 15 is 0 Å². The number of esters is 1. The molecule has 0 bridgehead atoms. The van der Waals surface area contributed by atoms with E-state index in [1.165, 1.54) is 7.11 Å². The van der Waals surface area contributed by atoms with Crippen molar-refractivity contribution in [3.8, 4) is 0 Å². The Labute approximate surface area is 111 Å². The lowest BCUT2D eigenvalue weighted by Gasteiger charge is -2.12. The molecule has 0 spiro atoms. The van der Waals surface area contributed by atoms with Crippen molar-refractivity contribution >= 4 is 34.7 Å². The van der Waals surface area contributed by atoms with Gasteiger partial charge in [0.15, 0.2) is 0 Å². The average molecular weight is 274 g/mol. The summed E-state index contributed by atoms with van der Waals surface area (Å²) in [5, 5.41) is 0.934. The summed E-state index contributed by atoms with van der Waals surface area (Å²) in [6.07, 6.45) is 1.65. The second kappa shape index (κ2) is 5.94. The number of nitrogens with zero attached hydrogens (tertiary/aromatic N) is 1. The predicted molar refractivity (Wildman–Crippen MR) is 70.1 cm³/mol. The summed E-state index contributed by atoms with van der Waals surface area (Å²) in [5.74, 6) is -0.442. The smallest absolute Gasteiger partial charge is 0.340 e. The molecular weight excluding hydrogens is 261 g/mol. The van der Waals surface area contributed by atoms with Gasteiger partial charge in [0.2, 0.25) is 0 Å². The van der Waals surface area contributed by atoms with Gasteiger partial charge in [0.25, 0.3) is 0 Å². The van der Waals surface area contributed by atoms with Crippen LogP contribution in [0.4, 0.5) is 0 Å². The highest BCUT2D eigenvalue weighted by Gasteiger charge is 2.16. The molecule has 0 amide bonds. The van der Waals surface area contributed by atoms with Gasteiger partial charge in [-0.15, -0.1) is 0 Å². The Bertz CT molecular complexity index is 456. The summed E-state index contributed by atoms with van der Waals surface area (Å²) in [6, 6.07) is 4.96. The van der Waals surface area contributed by atoms with Crippen LogP contribution in [0.15, 0.2) is 24.4 Å². The molecule has 3 nitrogen and oxygen atoms in total. The minimum Gasteiger partial charge on any atom is -0.465 e. The molecule has 0 saturated heterocycles. The van der Waals surface area contributed by atoms with Crippen molar-refractivity contribution in [3.05, 3.63) is 40.0 Å². The Morgan fingerprint density at radius 3 is 2.47 bits per heavy atom. The zero-order chi connectivity index (χ0) is 13.0. The highest BCUT2D eigenvalue weighted by molar-refractivity contribution is 6.37. The molecular formula is C12H13Cl2NO2. The Balaban J connectivity index is 3.27. The van der Waals surface area contributed by atoms with E-state index in [-0.39, 0.29) is 0 Å². The quantitative estimate of drug-likeness (QED) is 0.626. The van der Waals surface area contributed by atoms with Crippen molar-refractivity contribution in [1.29, 1.82) is 0 Å². The number of carbonyl (C=O) groups is 1. The molecule has 17 heavy (non-hydrogen) atoms. The highest BCUT2D eigenvalue weighted by Crippen LogP contribution is 2.27. The summed E-state index contributed by atoms with van der Waals surface area (Å²) in [5.41, 5.74) is 0.982. The van der Waals surface area contributed by atoms with Gasteiger partial charge in [-0.2, -0.15) is 0 Å². The fourth-order valence-corrected chi connectivity index (χ4v) is 1.82. The summed E-state index contributed by atoms with van der Waals surface area (Å²) in [6.45, 7) is 0. The maximum Gasteiger partial charge on any atom is 0.340 e. The number of hydrogen-bond acceptors (Lipinski definition) is 3. The number of benzene rings is 1. The predicted octanol–water partition coefficient (Wildman–Crippen LogP) is 3.07. The first-order valence-corrected chi connectivity index (χ1v) is 5.63. The van der Waals surface area contributed by atoms with Gasteiger partial charge in [0.1, 0.15) is 0 Å². The molecule has 1 aromatic rings. The van der Waals surface area contributed by atoms with Crippen molar-refractivity contribution in [2.75, 3.05) is 21.2 Å². The van der Waals surface area contributed by atoms with Gasteiger partial charge in [-0.25, -0.2) is 4.79 Å². The van der Waals surface area contributed by atoms with Crippen molar-refractivity contribution in [1.82, 2.24) is 4.90 Å². The largest absolute Gasteiger partial charge is 0.465 e. The fourth-order valence-electron chi connectivity index (χ4n) is 1.31. The first-order chi connectivity index (χ1) is 7.95. The monoisotopic (exact) mass is 273 g/mol. The minimum atomic E-state index is -0.442. The Kier molecular flexibility index (Phi) is 4.85. The van der Waals surface area contributed by atoms with E-state index in [2.05, 4.69) is 0 Å². The lowest BCUT2D eigenvalue weighted by Crippen LogP contribution is -2.10. The second-order valence-electron chi connectivity index (χ2n) is 3.62. The second-order valence-corrected chi connectivity index (χ2v) is 4.47. The molecule has 92 valence electrons. The molecule has 0 aliphatic heterocycles. The average Bonchev–Trinajstić information content (AvgIpc) is 2.25. The molecule has 1 rings (SSSR count). The third-order valence-corrected chi connectivity index (χ3v) is 2.56. The number of methoxy groups -OCH3 is 1.